The average molecular weight is 308 g/mol. The zero-order valence-corrected chi connectivity index (χ0v) is 14.3. The quantitative estimate of drug-likeness (QED) is 0.421. The lowest BCUT2D eigenvalue weighted by Crippen LogP contribution is -1.87. The molecule has 2 rings (SSSR count). The van der Waals surface area contributed by atoms with Gasteiger partial charge in [0.25, 0.3) is 0 Å². The minimum atomic E-state index is 0.195. The number of phenols is 2. The number of hydrogen-bond donors (Lipinski definition) is 2. The van der Waals surface area contributed by atoms with Gasteiger partial charge in [0, 0.05) is 21.9 Å². The van der Waals surface area contributed by atoms with E-state index in [1.165, 1.54) is 5.57 Å². The van der Waals surface area contributed by atoms with Crippen molar-refractivity contribution in [2.24, 2.45) is 0 Å². The Hall–Kier alpha value is -2.44. The summed E-state index contributed by atoms with van der Waals surface area (Å²) in [4.78, 5) is 0. The summed E-state index contributed by atoms with van der Waals surface area (Å²) in [6.07, 6.45) is 5.90. The molecular weight excluding hydrogens is 284 g/mol. The van der Waals surface area contributed by atoms with Gasteiger partial charge >= 0.3 is 0 Å². The molecule has 0 saturated heterocycles. The van der Waals surface area contributed by atoms with Crippen LogP contribution in [0.1, 0.15) is 44.7 Å². The molecule has 0 fully saturated rings. The Morgan fingerprint density at radius 1 is 1.04 bits per heavy atom. The molecule has 0 heterocycles. The van der Waals surface area contributed by atoms with Crippen LogP contribution < -0.4 is 0 Å². The molecule has 0 amide bonds. The van der Waals surface area contributed by atoms with E-state index in [1.54, 1.807) is 6.08 Å². The van der Waals surface area contributed by atoms with Crippen LogP contribution in [0.15, 0.2) is 47.2 Å². The van der Waals surface area contributed by atoms with Crippen molar-refractivity contribution in [2.45, 2.75) is 40.5 Å². The standard InChI is InChI=1S/C21H24O2/c1-14(2)8-7-9-15(3)12-13-17-16(4)20(22)18-10-5-6-11-19(18)21(17)23/h5-6,8,10-11,13,22-23H,7,9H2,1-4H3. The van der Waals surface area contributed by atoms with Crippen molar-refractivity contribution in [3.63, 3.8) is 0 Å². The van der Waals surface area contributed by atoms with Crippen LogP contribution in [0.25, 0.3) is 16.8 Å². The molecule has 0 aliphatic heterocycles. The van der Waals surface area contributed by atoms with Crippen molar-refractivity contribution in [3.05, 3.63) is 58.3 Å². The SMILES string of the molecule is CC(=C=Cc1c(C)c(O)c2ccccc2c1O)CCC=C(C)C. The number of aromatic hydroxyl groups is 2. The fourth-order valence-corrected chi connectivity index (χ4v) is 2.57. The van der Waals surface area contributed by atoms with E-state index in [4.69, 9.17) is 0 Å². The molecular formula is C21H24O2. The molecule has 2 N–H and O–H groups in total. The second-order valence-electron chi connectivity index (χ2n) is 6.17. The van der Waals surface area contributed by atoms with Gasteiger partial charge < -0.3 is 10.2 Å². The minimum absolute atomic E-state index is 0.195. The van der Waals surface area contributed by atoms with Gasteiger partial charge in [-0.1, -0.05) is 35.9 Å². The van der Waals surface area contributed by atoms with Gasteiger partial charge in [-0.3, -0.25) is 0 Å². The maximum absolute atomic E-state index is 10.5. The van der Waals surface area contributed by atoms with Crippen LogP contribution in [-0.4, -0.2) is 10.2 Å². The molecule has 2 nitrogen and oxygen atoms in total. The van der Waals surface area contributed by atoms with Gasteiger partial charge in [-0.25, -0.2) is 0 Å². The Labute approximate surface area is 138 Å². The second kappa shape index (κ2) is 7.21. The molecule has 0 unspecified atom stereocenters. The van der Waals surface area contributed by atoms with Gasteiger partial charge in [-0.05, 0) is 52.2 Å². The summed E-state index contributed by atoms with van der Waals surface area (Å²) < 4.78 is 0. The molecule has 0 aromatic heterocycles. The van der Waals surface area contributed by atoms with Crippen molar-refractivity contribution < 1.29 is 10.2 Å². The van der Waals surface area contributed by atoms with E-state index in [2.05, 4.69) is 25.7 Å². The zero-order valence-electron chi connectivity index (χ0n) is 14.3. The van der Waals surface area contributed by atoms with E-state index in [0.29, 0.717) is 21.9 Å². The molecule has 120 valence electrons. The number of phenolic OH excluding ortho intramolecular Hbond substituents is 2. The lowest BCUT2D eigenvalue weighted by Gasteiger charge is -2.11. The molecule has 2 aromatic carbocycles. The minimum Gasteiger partial charge on any atom is -0.507 e. The lowest BCUT2D eigenvalue weighted by molar-refractivity contribution is 0.465. The highest BCUT2D eigenvalue weighted by Gasteiger charge is 2.13. The van der Waals surface area contributed by atoms with Gasteiger partial charge in [0.1, 0.15) is 11.5 Å². The number of rotatable bonds is 4. The van der Waals surface area contributed by atoms with E-state index in [0.717, 1.165) is 18.4 Å². The first-order valence-corrected chi connectivity index (χ1v) is 7.90. The molecule has 0 spiro atoms. The molecule has 2 heteroatoms. The van der Waals surface area contributed by atoms with E-state index in [-0.39, 0.29) is 11.5 Å². The number of hydrogen-bond acceptors (Lipinski definition) is 2. The van der Waals surface area contributed by atoms with E-state index in [1.807, 2.05) is 38.1 Å². The molecule has 23 heavy (non-hydrogen) atoms. The van der Waals surface area contributed by atoms with Crippen LogP contribution >= 0.6 is 0 Å². The van der Waals surface area contributed by atoms with Crippen molar-refractivity contribution in [1.29, 1.82) is 0 Å². The second-order valence-corrected chi connectivity index (χ2v) is 6.17. The third-order valence-electron chi connectivity index (χ3n) is 3.99. The van der Waals surface area contributed by atoms with E-state index in [9.17, 15) is 10.2 Å². The van der Waals surface area contributed by atoms with E-state index >= 15 is 0 Å². The summed E-state index contributed by atoms with van der Waals surface area (Å²) in [5, 5.41) is 22.2. The van der Waals surface area contributed by atoms with Crippen LogP contribution in [-0.2, 0) is 0 Å². The lowest BCUT2D eigenvalue weighted by atomic mass is 9.98. The predicted molar refractivity (Wildman–Crippen MR) is 97.8 cm³/mol. The van der Waals surface area contributed by atoms with Gasteiger partial charge in [0.15, 0.2) is 0 Å². The molecule has 0 saturated carbocycles. The van der Waals surface area contributed by atoms with Gasteiger partial charge in [0.2, 0.25) is 0 Å². The normalized spacial score (nSPS) is 10.3. The highest BCUT2D eigenvalue weighted by Crippen LogP contribution is 2.39. The summed E-state index contributed by atoms with van der Waals surface area (Å²) in [6, 6.07) is 7.33. The van der Waals surface area contributed by atoms with Crippen LogP contribution in [0, 0.1) is 6.92 Å². The Kier molecular flexibility index (Phi) is 5.31. The number of allylic oxidation sites excluding steroid dienone is 3. The maximum atomic E-state index is 10.5. The zero-order chi connectivity index (χ0) is 17.0. The molecule has 0 atom stereocenters. The summed E-state index contributed by atoms with van der Waals surface area (Å²) in [7, 11) is 0. The van der Waals surface area contributed by atoms with Crippen LogP contribution in [0.5, 0.6) is 11.5 Å². The Balaban J connectivity index is 2.44. The molecule has 0 bridgehead atoms. The Morgan fingerprint density at radius 3 is 2.26 bits per heavy atom. The molecule has 0 aliphatic carbocycles. The summed E-state index contributed by atoms with van der Waals surface area (Å²) >= 11 is 0. The maximum Gasteiger partial charge on any atom is 0.131 e. The van der Waals surface area contributed by atoms with Gasteiger partial charge in [-0.2, -0.15) is 0 Å². The molecule has 0 radical (unpaired) electrons. The van der Waals surface area contributed by atoms with Crippen molar-refractivity contribution >= 4 is 16.8 Å². The smallest absolute Gasteiger partial charge is 0.131 e. The Bertz CT molecular complexity index is 815. The van der Waals surface area contributed by atoms with Gasteiger partial charge in [-0.15, -0.1) is 5.73 Å². The largest absolute Gasteiger partial charge is 0.507 e. The number of benzene rings is 2. The molecule has 2 aromatic rings. The van der Waals surface area contributed by atoms with Crippen LogP contribution in [0.4, 0.5) is 0 Å². The van der Waals surface area contributed by atoms with Crippen LogP contribution in [0.2, 0.25) is 0 Å². The highest BCUT2D eigenvalue weighted by molar-refractivity contribution is 5.97. The van der Waals surface area contributed by atoms with Crippen molar-refractivity contribution in [1.82, 2.24) is 0 Å². The van der Waals surface area contributed by atoms with E-state index < -0.39 is 0 Å². The first-order chi connectivity index (χ1) is 10.9. The predicted octanol–water partition coefficient (Wildman–Crippen LogP) is 5.86. The first kappa shape index (κ1) is 16.9. The summed E-state index contributed by atoms with van der Waals surface area (Å²) in [5.41, 5.74) is 6.97. The highest BCUT2D eigenvalue weighted by atomic mass is 16.3. The number of fused-ring (bicyclic) bond motifs is 1. The van der Waals surface area contributed by atoms with Crippen molar-refractivity contribution in [2.75, 3.05) is 0 Å². The summed E-state index contributed by atoms with van der Waals surface area (Å²) in [6.45, 7) is 8.03. The average Bonchev–Trinajstić information content (AvgIpc) is 2.52. The van der Waals surface area contributed by atoms with Crippen molar-refractivity contribution in [3.8, 4) is 11.5 Å². The van der Waals surface area contributed by atoms with Gasteiger partial charge in [0.05, 0.1) is 0 Å². The fourth-order valence-electron chi connectivity index (χ4n) is 2.57. The van der Waals surface area contributed by atoms with Crippen LogP contribution in [0.3, 0.4) is 0 Å². The fraction of sp³-hybridized carbons (Fsp3) is 0.286. The monoisotopic (exact) mass is 308 g/mol. The third-order valence-corrected chi connectivity index (χ3v) is 3.99. The summed E-state index contributed by atoms with van der Waals surface area (Å²) in [5.74, 6) is 0.411. The molecule has 0 aliphatic rings. The topological polar surface area (TPSA) is 40.5 Å². The Morgan fingerprint density at radius 2 is 1.65 bits per heavy atom. The first-order valence-electron chi connectivity index (χ1n) is 7.90. The third kappa shape index (κ3) is 3.85.